The first kappa shape index (κ1) is 12.4. The molecule has 0 atom stereocenters. The molecule has 0 amide bonds. The fourth-order valence-corrected chi connectivity index (χ4v) is 3.22. The minimum absolute atomic E-state index is 0.874. The summed E-state index contributed by atoms with van der Waals surface area (Å²) in [6.45, 7) is 1.84. The summed E-state index contributed by atoms with van der Waals surface area (Å²) >= 11 is 0. The van der Waals surface area contributed by atoms with E-state index in [-0.39, 0.29) is 0 Å². The zero-order chi connectivity index (χ0) is 15.4. The molecule has 0 aliphatic carbocycles. The number of rotatable bonds is 0. The maximum absolute atomic E-state index is 6.02. The Kier molecular flexibility index (Phi) is 2.37. The van der Waals surface area contributed by atoms with Crippen molar-refractivity contribution in [1.82, 2.24) is 0 Å². The Morgan fingerprint density at radius 2 is 1.30 bits per heavy atom. The van der Waals surface area contributed by atoms with Gasteiger partial charge in [0, 0.05) is 27.1 Å². The van der Waals surface area contributed by atoms with Crippen molar-refractivity contribution in [2.24, 2.45) is 0 Å². The van der Waals surface area contributed by atoms with Gasteiger partial charge in [0.05, 0.1) is 0 Å². The molecule has 2 aromatic heterocycles. The van der Waals surface area contributed by atoms with Crippen molar-refractivity contribution in [3.05, 3.63) is 60.2 Å². The molecule has 0 N–H and O–H groups in total. The zero-order valence-corrected chi connectivity index (χ0v) is 12.5. The minimum atomic E-state index is 0.874. The fourth-order valence-electron chi connectivity index (χ4n) is 3.22. The van der Waals surface area contributed by atoms with Crippen LogP contribution in [0.5, 0.6) is 0 Å². The number of hydrogen-bond acceptors (Lipinski definition) is 2. The van der Waals surface area contributed by atoms with Gasteiger partial charge in [-0.25, -0.2) is 0 Å². The van der Waals surface area contributed by atoms with E-state index in [4.69, 9.17) is 8.83 Å². The third-order valence-corrected chi connectivity index (χ3v) is 4.24. The maximum atomic E-state index is 6.02. The van der Waals surface area contributed by atoms with E-state index < -0.39 is 0 Å². The second kappa shape index (κ2) is 4.41. The first-order chi connectivity index (χ1) is 11.3. The summed E-state index contributed by atoms with van der Waals surface area (Å²) in [6, 6.07) is 18.3. The molecule has 3 aromatic carbocycles. The molecule has 2 nitrogen and oxygen atoms in total. The van der Waals surface area contributed by atoms with Gasteiger partial charge in [0.25, 0.3) is 0 Å². The van der Waals surface area contributed by atoms with Gasteiger partial charge in [0.1, 0.15) is 22.3 Å². The predicted molar refractivity (Wildman–Crippen MR) is 93.6 cm³/mol. The number of para-hydroxylation sites is 1. The molecule has 23 heavy (non-hydrogen) atoms. The van der Waals surface area contributed by atoms with Gasteiger partial charge in [-0.2, -0.15) is 0 Å². The van der Waals surface area contributed by atoms with Crippen molar-refractivity contribution >= 4 is 43.9 Å². The van der Waals surface area contributed by atoms with Crippen molar-refractivity contribution in [3.63, 3.8) is 0 Å². The molecule has 0 radical (unpaired) electrons. The zero-order valence-electron chi connectivity index (χ0n) is 12.5. The molecule has 2 heterocycles. The van der Waals surface area contributed by atoms with Crippen LogP contribution in [0.2, 0.25) is 0 Å². The smallest absolute Gasteiger partial charge is 0.136 e. The van der Waals surface area contributed by atoms with E-state index in [1.165, 1.54) is 0 Å². The Balaban J connectivity index is 1.93. The Morgan fingerprint density at radius 1 is 0.652 bits per heavy atom. The molecular formula is C21H12O2. The van der Waals surface area contributed by atoms with Crippen LogP contribution in [0, 0.1) is 11.8 Å². The lowest BCUT2D eigenvalue weighted by Gasteiger charge is -1.92. The van der Waals surface area contributed by atoms with Crippen LogP contribution in [0.4, 0.5) is 0 Å². The molecule has 0 aliphatic rings. The molecule has 2 heteroatoms. The third-order valence-electron chi connectivity index (χ3n) is 4.24. The molecule has 0 fully saturated rings. The molecular weight excluding hydrogens is 284 g/mol. The van der Waals surface area contributed by atoms with Gasteiger partial charge >= 0.3 is 0 Å². The van der Waals surface area contributed by atoms with Crippen LogP contribution < -0.4 is 0 Å². The summed E-state index contributed by atoms with van der Waals surface area (Å²) in [5.41, 5.74) is 4.53. The largest absolute Gasteiger partial charge is 0.456 e. The van der Waals surface area contributed by atoms with Gasteiger partial charge in [-0.3, -0.25) is 0 Å². The van der Waals surface area contributed by atoms with E-state index in [1.807, 2.05) is 37.3 Å². The van der Waals surface area contributed by atoms with E-state index in [0.717, 1.165) is 49.4 Å². The highest BCUT2D eigenvalue weighted by Crippen LogP contribution is 2.36. The lowest BCUT2D eigenvalue weighted by molar-refractivity contribution is 0.664. The number of hydrogen-bond donors (Lipinski definition) is 0. The average molecular weight is 296 g/mol. The second-order valence-corrected chi connectivity index (χ2v) is 5.63. The average Bonchev–Trinajstić information content (AvgIpc) is 3.10. The molecule has 0 spiro atoms. The summed E-state index contributed by atoms with van der Waals surface area (Å²) in [5, 5.41) is 4.33. The Bertz CT molecular complexity index is 1270. The highest BCUT2D eigenvalue weighted by molar-refractivity contribution is 6.14. The Labute approximate surface area is 132 Å². The van der Waals surface area contributed by atoms with Gasteiger partial charge in [-0.05, 0) is 43.3 Å². The van der Waals surface area contributed by atoms with Gasteiger partial charge in [-0.1, -0.05) is 24.1 Å². The summed E-state index contributed by atoms with van der Waals surface area (Å²) in [6.07, 6.45) is 0. The summed E-state index contributed by atoms with van der Waals surface area (Å²) in [4.78, 5) is 0. The molecule has 0 aliphatic heterocycles. The second-order valence-electron chi connectivity index (χ2n) is 5.63. The molecule has 108 valence electrons. The van der Waals surface area contributed by atoms with E-state index in [0.29, 0.717) is 0 Å². The van der Waals surface area contributed by atoms with Gasteiger partial charge in [-0.15, -0.1) is 5.92 Å². The van der Waals surface area contributed by atoms with E-state index in [9.17, 15) is 0 Å². The van der Waals surface area contributed by atoms with Crippen LogP contribution in [-0.2, 0) is 0 Å². The molecule has 5 aromatic rings. The maximum Gasteiger partial charge on any atom is 0.136 e. The Morgan fingerprint density at radius 3 is 2.09 bits per heavy atom. The summed E-state index contributed by atoms with van der Waals surface area (Å²) < 4.78 is 12.0. The van der Waals surface area contributed by atoms with Gasteiger partial charge in [0.15, 0.2) is 0 Å². The predicted octanol–water partition coefficient (Wildman–Crippen LogP) is 5.86. The first-order valence-corrected chi connectivity index (χ1v) is 7.54. The summed E-state index contributed by atoms with van der Waals surface area (Å²) in [7, 11) is 0. The van der Waals surface area contributed by atoms with Crippen molar-refractivity contribution in [2.75, 3.05) is 0 Å². The fraction of sp³-hybridized carbons (Fsp3) is 0.0476. The van der Waals surface area contributed by atoms with Gasteiger partial charge < -0.3 is 8.83 Å². The number of furan rings is 2. The Hall–Kier alpha value is -3.18. The molecule has 0 saturated heterocycles. The minimum Gasteiger partial charge on any atom is -0.456 e. The topological polar surface area (TPSA) is 26.3 Å². The van der Waals surface area contributed by atoms with Crippen LogP contribution in [0.25, 0.3) is 43.9 Å². The molecule has 0 unspecified atom stereocenters. The number of fused-ring (bicyclic) bond motifs is 6. The van der Waals surface area contributed by atoms with E-state index in [1.54, 1.807) is 0 Å². The van der Waals surface area contributed by atoms with Crippen LogP contribution in [0.3, 0.4) is 0 Å². The third kappa shape index (κ3) is 1.71. The monoisotopic (exact) mass is 296 g/mol. The molecule has 5 rings (SSSR count). The lowest BCUT2D eigenvalue weighted by atomic mass is 10.1. The quantitative estimate of drug-likeness (QED) is 0.335. The van der Waals surface area contributed by atoms with Crippen molar-refractivity contribution in [3.8, 4) is 11.8 Å². The summed E-state index contributed by atoms with van der Waals surface area (Å²) in [5.74, 6) is 6.03. The normalized spacial score (nSPS) is 11.3. The standard InChI is InChI=1S/C21H12O2/c1-2-5-13-8-9-19-15(10-13)17-12-20-16(11-21(17)23-19)14-6-3-4-7-18(14)22-20/h3-4,6-12H,1H3. The van der Waals surface area contributed by atoms with Crippen LogP contribution in [0.15, 0.2) is 63.4 Å². The molecule has 0 saturated carbocycles. The van der Waals surface area contributed by atoms with Crippen molar-refractivity contribution < 1.29 is 8.83 Å². The first-order valence-electron chi connectivity index (χ1n) is 7.54. The van der Waals surface area contributed by atoms with Crippen LogP contribution in [-0.4, -0.2) is 0 Å². The van der Waals surface area contributed by atoms with Crippen molar-refractivity contribution in [1.29, 1.82) is 0 Å². The highest BCUT2D eigenvalue weighted by atomic mass is 16.3. The van der Waals surface area contributed by atoms with Crippen LogP contribution >= 0.6 is 0 Å². The molecule has 0 bridgehead atoms. The SMILES string of the molecule is CC#Cc1ccc2oc3cc4c(cc3c2c1)oc1ccccc14. The number of benzene rings is 3. The highest BCUT2D eigenvalue weighted by Gasteiger charge is 2.13. The lowest BCUT2D eigenvalue weighted by Crippen LogP contribution is -1.73. The van der Waals surface area contributed by atoms with E-state index >= 15 is 0 Å². The van der Waals surface area contributed by atoms with Crippen molar-refractivity contribution in [2.45, 2.75) is 6.92 Å². The van der Waals surface area contributed by atoms with E-state index in [2.05, 4.69) is 36.1 Å². The van der Waals surface area contributed by atoms with Gasteiger partial charge in [0.2, 0.25) is 0 Å². The van der Waals surface area contributed by atoms with Crippen LogP contribution in [0.1, 0.15) is 12.5 Å².